The van der Waals surface area contributed by atoms with Crippen molar-refractivity contribution in [2.75, 3.05) is 0 Å². The Bertz CT molecular complexity index is 550. The molecule has 2 rings (SSSR count). The van der Waals surface area contributed by atoms with Crippen molar-refractivity contribution >= 4 is 11.6 Å². The third-order valence-electron chi connectivity index (χ3n) is 3.69. The Morgan fingerprint density at radius 1 is 1.48 bits per heavy atom. The molecule has 0 aromatic carbocycles. The molecule has 0 radical (unpaired) electrons. The monoisotopic (exact) mass is 310 g/mol. The van der Waals surface area contributed by atoms with Crippen LogP contribution in [0.5, 0.6) is 0 Å². The number of halogens is 1. The van der Waals surface area contributed by atoms with Gasteiger partial charge in [0.25, 0.3) is 0 Å². The minimum atomic E-state index is 0.138. The second kappa shape index (κ2) is 7.64. The van der Waals surface area contributed by atoms with Crippen LogP contribution < -0.4 is 11.3 Å². The van der Waals surface area contributed by atoms with Crippen molar-refractivity contribution in [1.29, 1.82) is 0 Å². The summed E-state index contributed by atoms with van der Waals surface area (Å²) in [6, 6.07) is 4.02. The molecule has 0 bridgehead atoms. The lowest BCUT2D eigenvalue weighted by molar-refractivity contribution is 0.438. The third-order valence-corrected chi connectivity index (χ3v) is 4.13. The number of aryl methyl sites for hydroxylation is 3. The number of nitrogens with zero attached hydrogens (tertiary/aromatic N) is 2. The number of aromatic nitrogens is 2. The molecule has 1 atom stereocenters. The number of rotatable bonds is 8. The fourth-order valence-electron chi connectivity index (χ4n) is 2.46. The number of nitrogens with one attached hydrogen (secondary N) is 1. The Balaban J connectivity index is 2.05. The zero-order valence-corrected chi connectivity index (χ0v) is 13.4. The molecule has 2 aromatic heterocycles. The molecule has 0 aliphatic heterocycles. The van der Waals surface area contributed by atoms with Gasteiger partial charge in [-0.3, -0.25) is 16.0 Å². The normalized spacial score (nSPS) is 12.8. The van der Waals surface area contributed by atoms with E-state index >= 15 is 0 Å². The van der Waals surface area contributed by atoms with E-state index in [-0.39, 0.29) is 6.04 Å². The second-order valence-electron chi connectivity index (χ2n) is 5.06. The van der Waals surface area contributed by atoms with Crippen LogP contribution in [0.4, 0.5) is 0 Å². The first-order valence-corrected chi connectivity index (χ1v) is 7.79. The van der Waals surface area contributed by atoms with Crippen LogP contribution in [-0.4, -0.2) is 15.8 Å². The van der Waals surface area contributed by atoms with E-state index in [0.29, 0.717) is 0 Å². The van der Waals surface area contributed by atoms with Gasteiger partial charge in [-0.2, -0.15) is 5.10 Å². The summed E-state index contributed by atoms with van der Waals surface area (Å²) >= 11 is 6.44. The molecule has 2 heterocycles. The first kappa shape index (κ1) is 16.1. The summed E-state index contributed by atoms with van der Waals surface area (Å²) < 4.78 is 7.33. The molecule has 0 amide bonds. The molecule has 0 aliphatic rings. The molecular formula is C15H23ClN4O. The second-order valence-corrected chi connectivity index (χ2v) is 5.44. The predicted molar refractivity (Wildman–Crippen MR) is 84.1 cm³/mol. The van der Waals surface area contributed by atoms with Crippen molar-refractivity contribution in [3.63, 3.8) is 0 Å². The van der Waals surface area contributed by atoms with Crippen LogP contribution in [0.2, 0.25) is 5.02 Å². The molecule has 3 N–H and O–H groups in total. The van der Waals surface area contributed by atoms with Crippen LogP contribution in [-0.2, 0) is 25.8 Å². The lowest BCUT2D eigenvalue weighted by Gasteiger charge is -2.16. The molecule has 0 aliphatic carbocycles. The van der Waals surface area contributed by atoms with Gasteiger partial charge in [0, 0.05) is 25.4 Å². The van der Waals surface area contributed by atoms with Crippen LogP contribution in [0.1, 0.15) is 37.4 Å². The lowest BCUT2D eigenvalue weighted by atomic mass is 10.0. The van der Waals surface area contributed by atoms with E-state index in [1.54, 1.807) is 6.26 Å². The Kier molecular flexibility index (Phi) is 5.85. The highest BCUT2D eigenvalue weighted by Gasteiger charge is 2.18. The summed E-state index contributed by atoms with van der Waals surface area (Å²) in [7, 11) is 0. The number of hydrazine groups is 1. The Hall–Kier alpha value is -1.30. The minimum absolute atomic E-state index is 0.138. The van der Waals surface area contributed by atoms with Crippen LogP contribution >= 0.6 is 11.6 Å². The van der Waals surface area contributed by atoms with Gasteiger partial charge in [0.15, 0.2) is 0 Å². The number of nitrogens with two attached hydrogens (primary N) is 1. The Morgan fingerprint density at radius 2 is 2.29 bits per heavy atom. The topological polar surface area (TPSA) is 69.0 Å². The summed E-state index contributed by atoms with van der Waals surface area (Å²) in [6.45, 7) is 4.94. The van der Waals surface area contributed by atoms with Crippen LogP contribution in [0, 0.1) is 0 Å². The van der Waals surface area contributed by atoms with Crippen molar-refractivity contribution < 1.29 is 4.42 Å². The molecule has 0 saturated carbocycles. The van der Waals surface area contributed by atoms with E-state index in [0.717, 1.165) is 54.4 Å². The zero-order valence-electron chi connectivity index (χ0n) is 12.6. The maximum Gasteiger partial charge on any atom is 0.103 e. The fraction of sp³-hybridized carbons (Fsp3) is 0.533. The van der Waals surface area contributed by atoms with Gasteiger partial charge in [-0.15, -0.1) is 0 Å². The summed E-state index contributed by atoms with van der Waals surface area (Å²) in [5.41, 5.74) is 4.89. The van der Waals surface area contributed by atoms with E-state index in [1.165, 1.54) is 0 Å². The largest absolute Gasteiger partial charge is 0.469 e. The molecule has 2 aromatic rings. The molecule has 5 nitrogen and oxygen atoms in total. The van der Waals surface area contributed by atoms with Gasteiger partial charge in [0.2, 0.25) is 0 Å². The molecule has 6 heteroatoms. The average Bonchev–Trinajstić information content (AvgIpc) is 3.12. The maximum absolute atomic E-state index is 6.44. The standard InChI is InChI=1S/C15H23ClN4O/c1-3-13-15(16)14(20(4-2)19-13)10-11(18-17)7-8-12-6-5-9-21-12/h5-6,9,11,18H,3-4,7-8,10,17H2,1-2H3. The van der Waals surface area contributed by atoms with Crippen LogP contribution in [0.15, 0.2) is 22.8 Å². The van der Waals surface area contributed by atoms with Crippen LogP contribution in [0.3, 0.4) is 0 Å². The highest BCUT2D eigenvalue weighted by Crippen LogP contribution is 2.23. The summed E-state index contributed by atoms with van der Waals surface area (Å²) in [6.07, 6.45) is 5.02. The number of furan rings is 1. The highest BCUT2D eigenvalue weighted by atomic mass is 35.5. The van der Waals surface area contributed by atoms with Gasteiger partial charge in [0.1, 0.15) is 5.76 Å². The molecule has 0 fully saturated rings. The predicted octanol–water partition coefficient (Wildman–Crippen LogP) is 2.72. The summed E-state index contributed by atoms with van der Waals surface area (Å²) in [5, 5.41) is 5.32. The van der Waals surface area contributed by atoms with Crippen molar-refractivity contribution in [2.24, 2.45) is 5.84 Å². The third kappa shape index (κ3) is 3.87. The van der Waals surface area contributed by atoms with Crippen molar-refractivity contribution in [3.05, 3.63) is 40.6 Å². The molecule has 116 valence electrons. The van der Waals surface area contributed by atoms with Crippen LogP contribution in [0.25, 0.3) is 0 Å². The molecule has 0 spiro atoms. The first-order chi connectivity index (χ1) is 10.2. The highest BCUT2D eigenvalue weighted by molar-refractivity contribution is 6.31. The van der Waals surface area contributed by atoms with E-state index in [9.17, 15) is 0 Å². The van der Waals surface area contributed by atoms with Crippen molar-refractivity contribution in [1.82, 2.24) is 15.2 Å². The maximum atomic E-state index is 6.44. The smallest absolute Gasteiger partial charge is 0.103 e. The van der Waals surface area contributed by atoms with Gasteiger partial charge in [0.05, 0.1) is 22.7 Å². The fourth-order valence-corrected chi connectivity index (χ4v) is 2.81. The van der Waals surface area contributed by atoms with Gasteiger partial charge in [-0.05, 0) is 31.9 Å². The van der Waals surface area contributed by atoms with Gasteiger partial charge in [-0.1, -0.05) is 18.5 Å². The lowest BCUT2D eigenvalue weighted by Crippen LogP contribution is -2.37. The van der Waals surface area contributed by atoms with E-state index in [4.69, 9.17) is 21.9 Å². The van der Waals surface area contributed by atoms with Gasteiger partial charge < -0.3 is 4.42 Å². The molecule has 1 unspecified atom stereocenters. The molecular weight excluding hydrogens is 288 g/mol. The molecule has 0 saturated heterocycles. The SMILES string of the molecule is CCc1nn(CC)c(CC(CCc2ccco2)NN)c1Cl. The number of hydrogen-bond acceptors (Lipinski definition) is 4. The van der Waals surface area contributed by atoms with Gasteiger partial charge in [-0.25, -0.2) is 0 Å². The quantitative estimate of drug-likeness (QED) is 0.581. The Labute approximate surface area is 130 Å². The van der Waals surface area contributed by atoms with E-state index in [1.807, 2.05) is 16.8 Å². The minimum Gasteiger partial charge on any atom is -0.469 e. The average molecular weight is 311 g/mol. The summed E-state index contributed by atoms with van der Waals surface area (Å²) in [4.78, 5) is 0. The van der Waals surface area contributed by atoms with Gasteiger partial charge >= 0.3 is 0 Å². The van der Waals surface area contributed by atoms with E-state index in [2.05, 4.69) is 24.4 Å². The summed E-state index contributed by atoms with van der Waals surface area (Å²) in [5.74, 6) is 6.66. The number of hydrogen-bond donors (Lipinski definition) is 2. The Morgan fingerprint density at radius 3 is 2.86 bits per heavy atom. The van der Waals surface area contributed by atoms with Crippen molar-refractivity contribution in [2.45, 2.75) is 52.1 Å². The molecule has 21 heavy (non-hydrogen) atoms. The first-order valence-electron chi connectivity index (χ1n) is 7.42. The zero-order chi connectivity index (χ0) is 15.2. The van der Waals surface area contributed by atoms with Crippen molar-refractivity contribution in [3.8, 4) is 0 Å². The van der Waals surface area contributed by atoms with E-state index < -0.39 is 0 Å².